The Morgan fingerprint density at radius 3 is 2.53 bits per heavy atom. The third-order valence-electron chi connectivity index (χ3n) is 3.15. The van der Waals surface area contributed by atoms with Crippen molar-refractivity contribution >= 4 is 23.7 Å². The van der Waals surface area contributed by atoms with Gasteiger partial charge < -0.3 is 15.5 Å². The summed E-state index contributed by atoms with van der Waals surface area (Å²) in [5.41, 5.74) is 0. The molecule has 0 spiro atoms. The number of carboxylic acid groups (broad SMARTS) is 2. The zero-order chi connectivity index (χ0) is 13.8. The van der Waals surface area contributed by atoms with Gasteiger partial charge in [-0.1, -0.05) is 18.2 Å². The van der Waals surface area contributed by atoms with Crippen LogP contribution in [-0.4, -0.2) is 40.0 Å². The van der Waals surface area contributed by atoms with E-state index in [9.17, 15) is 9.59 Å². The van der Waals surface area contributed by atoms with Crippen LogP contribution >= 0.6 is 11.8 Å². The van der Waals surface area contributed by atoms with E-state index in [-0.39, 0.29) is 11.7 Å². The first kappa shape index (κ1) is 13.9. The normalized spacial score (nSPS) is 26.2. The van der Waals surface area contributed by atoms with Gasteiger partial charge in [-0.05, 0) is 12.1 Å². The van der Waals surface area contributed by atoms with E-state index in [1.165, 1.54) is 11.8 Å². The van der Waals surface area contributed by atoms with Crippen molar-refractivity contribution in [1.82, 2.24) is 5.32 Å². The van der Waals surface area contributed by atoms with Gasteiger partial charge in [0.15, 0.2) is 0 Å². The molecule has 102 valence electrons. The largest absolute Gasteiger partial charge is 0.481 e. The van der Waals surface area contributed by atoms with E-state index >= 15 is 0 Å². The first-order valence-electron chi connectivity index (χ1n) is 5.97. The molecule has 0 radical (unpaired) electrons. The second-order valence-electron chi connectivity index (χ2n) is 4.46. The van der Waals surface area contributed by atoms with E-state index < -0.39 is 23.9 Å². The van der Waals surface area contributed by atoms with Crippen molar-refractivity contribution in [2.24, 2.45) is 5.92 Å². The molecule has 6 heteroatoms. The molecule has 0 amide bonds. The molecule has 1 aliphatic rings. The minimum Gasteiger partial charge on any atom is -0.481 e. The van der Waals surface area contributed by atoms with Crippen LogP contribution in [0.5, 0.6) is 0 Å². The van der Waals surface area contributed by atoms with Crippen molar-refractivity contribution in [3.8, 4) is 0 Å². The first-order valence-corrected chi connectivity index (χ1v) is 6.85. The Morgan fingerprint density at radius 2 is 1.95 bits per heavy atom. The summed E-state index contributed by atoms with van der Waals surface area (Å²) in [6.07, 6.45) is -0.130. The summed E-state index contributed by atoms with van der Waals surface area (Å²) in [7, 11) is 0. The van der Waals surface area contributed by atoms with E-state index in [2.05, 4.69) is 5.32 Å². The van der Waals surface area contributed by atoms with E-state index in [0.717, 1.165) is 4.90 Å². The summed E-state index contributed by atoms with van der Waals surface area (Å²) < 4.78 is 0. The topological polar surface area (TPSA) is 86.6 Å². The van der Waals surface area contributed by atoms with Crippen molar-refractivity contribution in [3.63, 3.8) is 0 Å². The van der Waals surface area contributed by atoms with Crippen LogP contribution in [0.3, 0.4) is 0 Å². The average molecular weight is 281 g/mol. The molecule has 1 aliphatic heterocycles. The Balaban J connectivity index is 2.10. The number of thioether (sulfide) groups is 1. The molecule has 1 heterocycles. The highest BCUT2D eigenvalue weighted by molar-refractivity contribution is 8.00. The molecule has 0 bridgehead atoms. The Hall–Kier alpha value is -1.53. The molecule has 1 aromatic rings. The maximum absolute atomic E-state index is 11.1. The van der Waals surface area contributed by atoms with E-state index in [1.54, 1.807) is 0 Å². The highest BCUT2D eigenvalue weighted by Gasteiger charge is 2.41. The molecule has 1 saturated heterocycles. The molecule has 0 saturated carbocycles. The van der Waals surface area contributed by atoms with Gasteiger partial charge in [-0.15, -0.1) is 11.8 Å². The molecular formula is C13H15NO4S. The highest BCUT2D eigenvalue weighted by atomic mass is 32.2. The molecule has 2 rings (SSSR count). The fraction of sp³-hybridized carbons (Fsp3) is 0.385. The third kappa shape index (κ3) is 3.48. The van der Waals surface area contributed by atoms with Gasteiger partial charge in [-0.25, -0.2) is 0 Å². The molecule has 1 aromatic carbocycles. The molecule has 0 aromatic heterocycles. The second kappa shape index (κ2) is 6.08. The Kier molecular flexibility index (Phi) is 4.44. The quantitative estimate of drug-likeness (QED) is 0.754. The van der Waals surface area contributed by atoms with Crippen LogP contribution in [0.4, 0.5) is 0 Å². The number of benzene rings is 1. The van der Waals surface area contributed by atoms with Crippen LogP contribution in [0.1, 0.15) is 6.42 Å². The third-order valence-corrected chi connectivity index (χ3v) is 4.52. The summed E-state index contributed by atoms with van der Waals surface area (Å²) in [5, 5.41) is 20.9. The molecule has 0 aliphatic carbocycles. The zero-order valence-electron chi connectivity index (χ0n) is 10.2. The number of hydrogen-bond acceptors (Lipinski definition) is 4. The summed E-state index contributed by atoms with van der Waals surface area (Å²) in [4.78, 5) is 23.0. The number of aliphatic carboxylic acids is 2. The monoisotopic (exact) mass is 281 g/mol. The maximum atomic E-state index is 11.1. The summed E-state index contributed by atoms with van der Waals surface area (Å²) in [6, 6.07) is 8.83. The number of rotatable bonds is 5. The van der Waals surface area contributed by atoms with Crippen LogP contribution in [0.2, 0.25) is 0 Å². The molecule has 2 unspecified atom stereocenters. The van der Waals surface area contributed by atoms with Crippen molar-refractivity contribution in [2.75, 3.05) is 6.54 Å². The SMILES string of the molecule is O=C(O)C[C@H]1C(Sc2ccccc2)CNC1C(=O)O. The lowest BCUT2D eigenvalue weighted by Crippen LogP contribution is -2.37. The van der Waals surface area contributed by atoms with Crippen LogP contribution in [0.15, 0.2) is 35.2 Å². The van der Waals surface area contributed by atoms with E-state index in [1.807, 2.05) is 30.3 Å². The first-order chi connectivity index (χ1) is 9.08. The lowest BCUT2D eigenvalue weighted by atomic mass is 9.96. The van der Waals surface area contributed by atoms with Crippen LogP contribution in [0, 0.1) is 5.92 Å². The number of nitrogens with one attached hydrogen (secondary N) is 1. The molecule has 3 atom stereocenters. The predicted molar refractivity (Wildman–Crippen MR) is 71.3 cm³/mol. The van der Waals surface area contributed by atoms with Crippen molar-refractivity contribution in [1.29, 1.82) is 0 Å². The van der Waals surface area contributed by atoms with Gasteiger partial charge in [0.25, 0.3) is 0 Å². The predicted octanol–water partition coefficient (Wildman–Crippen LogP) is 1.29. The van der Waals surface area contributed by atoms with Crippen molar-refractivity contribution < 1.29 is 19.8 Å². The van der Waals surface area contributed by atoms with Crippen LogP contribution in [-0.2, 0) is 9.59 Å². The lowest BCUT2D eigenvalue weighted by Gasteiger charge is -2.19. The second-order valence-corrected chi connectivity index (χ2v) is 5.77. The van der Waals surface area contributed by atoms with Gasteiger partial charge in [0.1, 0.15) is 6.04 Å². The van der Waals surface area contributed by atoms with E-state index in [0.29, 0.717) is 6.54 Å². The van der Waals surface area contributed by atoms with Gasteiger partial charge in [0.2, 0.25) is 0 Å². The zero-order valence-corrected chi connectivity index (χ0v) is 11.0. The molecular weight excluding hydrogens is 266 g/mol. The highest BCUT2D eigenvalue weighted by Crippen LogP contribution is 2.34. The number of carbonyl (C=O) groups is 2. The van der Waals surface area contributed by atoms with E-state index in [4.69, 9.17) is 10.2 Å². The Labute approximate surface area is 115 Å². The molecule has 3 N–H and O–H groups in total. The molecule has 1 fully saturated rings. The van der Waals surface area contributed by atoms with Gasteiger partial charge in [0.05, 0.1) is 6.42 Å². The summed E-state index contributed by atoms with van der Waals surface area (Å²) in [6.45, 7) is 0.508. The van der Waals surface area contributed by atoms with Gasteiger partial charge >= 0.3 is 11.9 Å². The van der Waals surface area contributed by atoms with Crippen molar-refractivity contribution in [3.05, 3.63) is 30.3 Å². The van der Waals surface area contributed by atoms with Gasteiger partial charge in [-0.3, -0.25) is 9.59 Å². The van der Waals surface area contributed by atoms with Crippen molar-refractivity contribution in [2.45, 2.75) is 22.6 Å². The smallest absolute Gasteiger partial charge is 0.321 e. The minimum atomic E-state index is -0.984. The number of hydrogen-bond donors (Lipinski definition) is 3. The standard InChI is InChI=1S/C13H15NO4S/c15-11(16)6-9-10(7-14-12(9)13(17)18)19-8-4-2-1-3-5-8/h1-5,9-10,12,14H,6-7H2,(H,15,16)(H,17,18)/t9-,10?,12?/m0/s1. The fourth-order valence-electron chi connectivity index (χ4n) is 2.28. The van der Waals surface area contributed by atoms with Crippen LogP contribution in [0.25, 0.3) is 0 Å². The lowest BCUT2D eigenvalue weighted by molar-refractivity contribution is -0.141. The Morgan fingerprint density at radius 1 is 1.26 bits per heavy atom. The molecule has 19 heavy (non-hydrogen) atoms. The van der Waals surface area contributed by atoms with Crippen LogP contribution < -0.4 is 5.32 Å². The summed E-state index contributed by atoms with van der Waals surface area (Å²) in [5.74, 6) is -2.35. The summed E-state index contributed by atoms with van der Waals surface area (Å²) >= 11 is 1.53. The number of carboxylic acids is 2. The molecule has 5 nitrogen and oxygen atoms in total. The average Bonchev–Trinajstić information content (AvgIpc) is 2.73. The van der Waals surface area contributed by atoms with Gasteiger partial charge in [-0.2, -0.15) is 0 Å². The van der Waals surface area contributed by atoms with Gasteiger partial charge in [0, 0.05) is 22.6 Å². The fourth-order valence-corrected chi connectivity index (χ4v) is 3.56. The Bertz CT molecular complexity index is 465. The minimum absolute atomic E-state index is 0.0420. The maximum Gasteiger partial charge on any atom is 0.321 e.